The third kappa shape index (κ3) is 4.22. The number of halogens is 3. The molecule has 0 amide bonds. The van der Waals surface area contributed by atoms with Gasteiger partial charge in [0.1, 0.15) is 0 Å². The Hall–Kier alpha value is -1.03. The summed E-state index contributed by atoms with van der Waals surface area (Å²) < 4.78 is 38.2. The van der Waals surface area contributed by atoms with Crippen molar-refractivity contribution in [1.82, 2.24) is 0 Å². The van der Waals surface area contributed by atoms with Crippen molar-refractivity contribution in [2.24, 2.45) is 11.8 Å². The third-order valence-electron chi connectivity index (χ3n) is 4.59. The van der Waals surface area contributed by atoms with E-state index in [2.05, 4.69) is 6.92 Å². The van der Waals surface area contributed by atoms with Crippen LogP contribution in [0.3, 0.4) is 0 Å². The first-order chi connectivity index (χ1) is 9.91. The van der Waals surface area contributed by atoms with E-state index in [0.29, 0.717) is 5.56 Å². The van der Waals surface area contributed by atoms with Crippen molar-refractivity contribution in [3.05, 3.63) is 35.4 Å². The van der Waals surface area contributed by atoms with E-state index in [1.165, 1.54) is 18.9 Å². The van der Waals surface area contributed by atoms with Gasteiger partial charge >= 0.3 is 6.18 Å². The normalized spacial score (nSPS) is 24.8. The van der Waals surface area contributed by atoms with Crippen LogP contribution in [0.15, 0.2) is 24.3 Å². The fraction of sp³-hybridized carbons (Fsp3) is 0.647. The molecule has 4 heteroatoms. The van der Waals surface area contributed by atoms with Gasteiger partial charge in [0.05, 0.1) is 11.7 Å². The number of alkyl halides is 3. The van der Waals surface area contributed by atoms with E-state index in [1.807, 2.05) is 0 Å². The zero-order chi connectivity index (χ0) is 15.5. The molecule has 2 rings (SSSR count). The average molecular weight is 300 g/mol. The maximum Gasteiger partial charge on any atom is 0.416 e. The largest absolute Gasteiger partial charge is 0.416 e. The number of benzene rings is 1. The second-order valence-corrected chi connectivity index (χ2v) is 6.14. The fourth-order valence-corrected chi connectivity index (χ4v) is 3.37. The first kappa shape index (κ1) is 16.3. The van der Waals surface area contributed by atoms with Crippen molar-refractivity contribution in [1.29, 1.82) is 0 Å². The molecule has 0 bridgehead atoms. The van der Waals surface area contributed by atoms with Crippen molar-refractivity contribution in [3.63, 3.8) is 0 Å². The summed E-state index contributed by atoms with van der Waals surface area (Å²) >= 11 is 0. The van der Waals surface area contributed by atoms with Crippen molar-refractivity contribution >= 4 is 0 Å². The molecular formula is C17H23F3O. The molecule has 1 nitrogen and oxygen atoms in total. The Morgan fingerprint density at radius 1 is 1.19 bits per heavy atom. The Kier molecular flexibility index (Phi) is 5.31. The molecule has 0 heterocycles. The molecule has 21 heavy (non-hydrogen) atoms. The lowest BCUT2D eigenvalue weighted by atomic mass is 9.76. The minimum absolute atomic E-state index is 0.0848. The lowest BCUT2D eigenvalue weighted by molar-refractivity contribution is -0.137. The van der Waals surface area contributed by atoms with Gasteiger partial charge in [-0.25, -0.2) is 0 Å². The second kappa shape index (κ2) is 6.82. The first-order valence-corrected chi connectivity index (χ1v) is 7.77. The van der Waals surface area contributed by atoms with Crippen LogP contribution >= 0.6 is 0 Å². The van der Waals surface area contributed by atoms with Gasteiger partial charge in [-0.2, -0.15) is 13.2 Å². The zero-order valence-corrected chi connectivity index (χ0v) is 12.4. The van der Waals surface area contributed by atoms with Crippen LogP contribution in [-0.2, 0) is 6.18 Å². The summed E-state index contributed by atoms with van der Waals surface area (Å²) in [6.07, 6.45) is 1.22. The molecule has 118 valence electrons. The average Bonchev–Trinajstić information content (AvgIpc) is 2.47. The van der Waals surface area contributed by atoms with E-state index in [-0.39, 0.29) is 5.92 Å². The molecule has 1 aromatic rings. The number of aliphatic hydroxyl groups is 1. The summed E-state index contributed by atoms with van der Waals surface area (Å²) in [5.41, 5.74) is -0.289. The van der Waals surface area contributed by atoms with Crippen LogP contribution in [0.25, 0.3) is 0 Å². The van der Waals surface area contributed by atoms with E-state index in [9.17, 15) is 18.3 Å². The molecule has 1 N–H and O–H groups in total. The first-order valence-electron chi connectivity index (χ1n) is 7.77. The van der Waals surface area contributed by atoms with Gasteiger partial charge in [0.15, 0.2) is 0 Å². The molecule has 0 spiro atoms. The molecule has 0 radical (unpaired) electrons. The Morgan fingerprint density at radius 2 is 1.86 bits per heavy atom. The molecule has 1 aliphatic carbocycles. The highest BCUT2D eigenvalue weighted by molar-refractivity contribution is 5.27. The minimum atomic E-state index is -4.35. The van der Waals surface area contributed by atoms with Gasteiger partial charge in [-0.1, -0.05) is 44.7 Å². The molecule has 1 aliphatic rings. The van der Waals surface area contributed by atoms with E-state index >= 15 is 0 Å². The maximum absolute atomic E-state index is 12.7. The maximum atomic E-state index is 12.7. The van der Waals surface area contributed by atoms with Gasteiger partial charge < -0.3 is 5.11 Å². The molecule has 0 aliphatic heterocycles. The van der Waals surface area contributed by atoms with Crippen LogP contribution < -0.4 is 0 Å². The van der Waals surface area contributed by atoms with Gasteiger partial charge in [-0.05, 0) is 42.4 Å². The van der Waals surface area contributed by atoms with Crippen molar-refractivity contribution in [2.45, 2.75) is 57.7 Å². The van der Waals surface area contributed by atoms with E-state index < -0.39 is 17.8 Å². The van der Waals surface area contributed by atoms with E-state index in [4.69, 9.17) is 0 Å². The van der Waals surface area contributed by atoms with Gasteiger partial charge in [-0.3, -0.25) is 0 Å². The van der Waals surface area contributed by atoms with Crippen molar-refractivity contribution in [3.8, 4) is 0 Å². The predicted octanol–water partition coefficient (Wildman–Crippen LogP) is 5.35. The van der Waals surface area contributed by atoms with Crippen LogP contribution in [0.4, 0.5) is 13.2 Å². The SMILES string of the molecule is CCCC1CCC(C(O)c2cccc(C(F)(F)F)c2)CC1. The lowest BCUT2D eigenvalue weighted by Gasteiger charge is -2.31. The highest BCUT2D eigenvalue weighted by Crippen LogP contribution is 2.39. The summed E-state index contributed by atoms with van der Waals surface area (Å²) in [6, 6.07) is 5.11. The van der Waals surface area contributed by atoms with Crippen LogP contribution in [0, 0.1) is 11.8 Å². The standard InChI is InChI=1S/C17H23F3O/c1-2-4-12-7-9-13(10-8-12)16(21)14-5-3-6-15(11-14)17(18,19)20/h3,5-6,11-13,16,21H,2,4,7-10H2,1H3. The number of hydrogen-bond donors (Lipinski definition) is 1. The summed E-state index contributed by atoms with van der Waals surface area (Å²) in [5.74, 6) is 0.807. The lowest BCUT2D eigenvalue weighted by Crippen LogP contribution is -2.21. The quantitative estimate of drug-likeness (QED) is 0.795. The Bertz CT molecular complexity index is 448. The Morgan fingerprint density at radius 3 is 2.43 bits per heavy atom. The monoisotopic (exact) mass is 300 g/mol. The highest BCUT2D eigenvalue weighted by atomic mass is 19.4. The van der Waals surface area contributed by atoms with Crippen molar-refractivity contribution in [2.75, 3.05) is 0 Å². The van der Waals surface area contributed by atoms with Gasteiger partial charge in [0.25, 0.3) is 0 Å². The van der Waals surface area contributed by atoms with Gasteiger partial charge in [0.2, 0.25) is 0 Å². The van der Waals surface area contributed by atoms with Crippen LogP contribution in [0.2, 0.25) is 0 Å². The van der Waals surface area contributed by atoms with Crippen molar-refractivity contribution < 1.29 is 18.3 Å². The summed E-state index contributed by atoms with van der Waals surface area (Å²) in [5, 5.41) is 10.4. The number of rotatable bonds is 4. The van der Waals surface area contributed by atoms with E-state index in [1.54, 1.807) is 6.07 Å². The fourth-order valence-electron chi connectivity index (χ4n) is 3.37. The Labute approximate surface area is 124 Å². The van der Waals surface area contributed by atoms with Crippen LogP contribution in [0.5, 0.6) is 0 Å². The van der Waals surface area contributed by atoms with Crippen LogP contribution in [-0.4, -0.2) is 5.11 Å². The zero-order valence-electron chi connectivity index (χ0n) is 12.4. The highest BCUT2D eigenvalue weighted by Gasteiger charge is 2.32. The second-order valence-electron chi connectivity index (χ2n) is 6.14. The molecular weight excluding hydrogens is 277 g/mol. The smallest absolute Gasteiger partial charge is 0.388 e. The van der Waals surface area contributed by atoms with Gasteiger partial charge in [0, 0.05) is 0 Å². The number of aliphatic hydroxyl groups excluding tert-OH is 1. The molecule has 1 aromatic carbocycles. The number of hydrogen-bond acceptors (Lipinski definition) is 1. The molecule has 1 saturated carbocycles. The predicted molar refractivity (Wildman–Crippen MR) is 76.8 cm³/mol. The van der Waals surface area contributed by atoms with Gasteiger partial charge in [-0.15, -0.1) is 0 Å². The topological polar surface area (TPSA) is 20.2 Å². The summed E-state index contributed by atoms with van der Waals surface area (Å²) in [6.45, 7) is 2.17. The molecule has 1 atom stereocenters. The summed E-state index contributed by atoms with van der Waals surface area (Å²) in [7, 11) is 0. The third-order valence-corrected chi connectivity index (χ3v) is 4.59. The molecule has 0 aromatic heterocycles. The molecule has 0 saturated heterocycles. The van der Waals surface area contributed by atoms with Crippen LogP contribution in [0.1, 0.15) is 62.7 Å². The Balaban J connectivity index is 2.02. The van der Waals surface area contributed by atoms with E-state index in [0.717, 1.165) is 43.7 Å². The molecule has 1 unspecified atom stereocenters. The summed E-state index contributed by atoms with van der Waals surface area (Å²) in [4.78, 5) is 0. The molecule has 1 fully saturated rings. The minimum Gasteiger partial charge on any atom is -0.388 e.